The summed E-state index contributed by atoms with van der Waals surface area (Å²) < 4.78 is 11.1. The predicted octanol–water partition coefficient (Wildman–Crippen LogP) is 4.19. The van der Waals surface area contributed by atoms with Gasteiger partial charge < -0.3 is 19.1 Å². The van der Waals surface area contributed by atoms with Crippen LogP contribution in [0.15, 0.2) is 34.6 Å². The lowest BCUT2D eigenvalue weighted by atomic mass is 9.80. The third-order valence-corrected chi connectivity index (χ3v) is 7.11. The van der Waals surface area contributed by atoms with Crippen LogP contribution in [0.3, 0.4) is 0 Å². The Labute approximate surface area is 201 Å². The largest absolute Gasteiger partial charge is 0.497 e. The molecule has 0 aromatic heterocycles. The summed E-state index contributed by atoms with van der Waals surface area (Å²) >= 11 is 0. The van der Waals surface area contributed by atoms with Crippen LogP contribution in [0.4, 0.5) is 0 Å². The zero-order chi connectivity index (χ0) is 24.0. The van der Waals surface area contributed by atoms with E-state index in [-0.39, 0.29) is 6.23 Å². The first-order valence-corrected chi connectivity index (χ1v) is 11.9. The van der Waals surface area contributed by atoms with Crippen LogP contribution < -0.4 is 4.74 Å². The first kappa shape index (κ1) is 22.9. The van der Waals surface area contributed by atoms with Crippen molar-refractivity contribution in [3.8, 4) is 5.75 Å². The van der Waals surface area contributed by atoms with Gasteiger partial charge in [0.15, 0.2) is 0 Å². The van der Waals surface area contributed by atoms with Gasteiger partial charge in [-0.15, -0.1) is 0 Å². The second-order valence-electron chi connectivity index (χ2n) is 9.65. The molecule has 2 unspecified atom stereocenters. The molecule has 7 nitrogen and oxygen atoms in total. The fourth-order valence-corrected chi connectivity index (χ4v) is 5.71. The molecule has 180 valence electrons. The summed E-state index contributed by atoms with van der Waals surface area (Å²) in [7, 11) is 1.69. The van der Waals surface area contributed by atoms with Gasteiger partial charge in [-0.05, 0) is 69.0 Å². The number of nitrogens with zero attached hydrogens (tertiary/aromatic N) is 3. The summed E-state index contributed by atoms with van der Waals surface area (Å²) in [4.78, 5) is 14.9. The Hall–Kier alpha value is -2.90. The van der Waals surface area contributed by atoms with Crippen LogP contribution in [0.25, 0.3) is 0 Å². The van der Waals surface area contributed by atoms with Crippen LogP contribution in [-0.2, 0) is 14.4 Å². The van der Waals surface area contributed by atoms with E-state index < -0.39 is 5.60 Å². The molecular weight excluding hydrogens is 430 g/mol. The van der Waals surface area contributed by atoms with Crippen molar-refractivity contribution in [3.05, 3.63) is 63.2 Å². The van der Waals surface area contributed by atoms with Crippen molar-refractivity contribution in [3.63, 3.8) is 0 Å². The molecule has 0 amide bonds. The molecule has 2 atom stereocenters. The molecule has 2 aromatic carbocycles. The van der Waals surface area contributed by atoms with Crippen LogP contribution in [-0.4, -0.2) is 61.6 Å². The fourth-order valence-electron chi connectivity index (χ4n) is 5.71. The number of oxime groups is 2. The minimum Gasteiger partial charge on any atom is -0.497 e. The summed E-state index contributed by atoms with van der Waals surface area (Å²) in [6.07, 6.45) is 0.209. The SMILES string of the molecule is COc1cc(C)c(C2=NOC3(C2)C(c2c(C)cc(C)cc2C)=NOC3N2CCOCC2)c(C)c1. The number of ether oxygens (including phenoxy) is 2. The van der Waals surface area contributed by atoms with E-state index in [1.165, 1.54) is 5.56 Å². The third kappa shape index (κ3) is 3.67. The molecule has 0 aliphatic carbocycles. The lowest BCUT2D eigenvalue weighted by Gasteiger charge is -2.37. The van der Waals surface area contributed by atoms with Crippen molar-refractivity contribution >= 4 is 11.4 Å². The van der Waals surface area contributed by atoms with Crippen LogP contribution >= 0.6 is 0 Å². The highest BCUT2D eigenvalue weighted by Gasteiger charge is 2.60. The molecule has 3 heterocycles. The molecule has 1 spiro atoms. The summed E-state index contributed by atoms with van der Waals surface area (Å²) in [5.74, 6) is 0.844. The maximum Gasteiger partial charge on any atom is 0.241 e. The second kappa shape index (κ2) is 8.71. The van der Waals surface area contributed by atoms with E-state index >= 15 is 0 Å². The van der Waals surface area contributed by atoms with Gasteiger partial charge in [-0.1, -0.05) is 28.0 Å². The Bertz CT molecular complexity index is 1140. The number of aryl methyl sites for hydroxylation is 5. The Morgan fingerprint density at radius 2 is 1.50 bits per heavy atom. The molecule has 0 N–H and O–H groups in total. The van der Waals surface area contributed by atoms with E-state index in [1.807, 2.05) is 12.1 Å². The number of morpholine rings is 1. The van der Waals surface area contributed by atoms with Crippen molar-refractivity contribution in [2.45, 2.75) is 52.9 Å². The van der Waals surface area contributed by atoms with E-state index in [1.54, 1.807) is 7.11 Å². The van der Waals surface area contributed by atoms with Gasteiger partial charge in [-0.25, -0.2) is 0 Å². The molecule has 3 aliphatic heterocycles. The normalized spacial score (nSPS) is 24.6. The Morgan fingerprint density at radius 1 is 0.882 bits per heavy atom. The van der Waals surface area contributed by atoms with E-state index in [9.17, 15) is 0 Å². The summed E-state index contributed by atoms with van der Waals surface area (Å²) in [5.41, 5.74) is 8.87. The molecule has 0 radical (unpaired) electrons. The summed E-state index contributed by atoms with van der Waals surface area (Å²) in [6, 6.07) is 8.47. The van der Waals surface area contributed by atoms with Crippen molar-refractivity contribution in [2.75, 3.05) is 33.4 Å². The van der Waals surface area contributed by atoms with Gasteiger partial charge in [0.2, 0.25) is 11.8 Å². The number of rotatable bonds is 4. The van der Waals surface area contributed by atoms with E-state index in [0.29, 0.717) is 19.6 Å². The highest BCUT2D eigenvalue weighted by Crippen LogP contribution is 2.43. The lowest BCUT2D eigenvalue weighted by Crippen LogP contribution is -2.57. The third-order valence-electron chi connectivity index (χ3n) is 7.11. The van der Waals surface area contributed by atoms with Gasteiger partial charge in [-0.2, -0.15) is 0 Å². The number of methoxy groups -OCH3 is 1. The molecule has 0 bridgehead atoms. The Balaban J connectivity index is 1.58. The van der Waals surface area contributed by atoms with Gasteiger partial charge in [0.05, 0.1) is 26.0 Å². The zero-order valence-corrected chi connectivity index (χ0v) is 20.9. The maximum atomic E-state index is 6.43. The van der Waals surface area contributed by atoms with Gasteiger partial charge in [0, 0.05) is 30.6 Å². The molecule has 5 rings (SSSR count). The monoisotopic (exact) mass is 463 g/mol. The summed E-state index contributed by atoms with van der Waals surface area (Å²) in [6.45, 7) is 13.4. The number of benzene rings is 2. The average Bonchev–Trinajstić information content (AvgIpc) is 3.38. The smallest absolute Gasteiger partial charge is 0.241 e. The topological polar surface area (TPSA) is 64.9 Å². The van der Waals surface area contributed by atoms with Crippen molar-refractivity contribution in [2.24, 2.45) is 10.3 Å². The first-order chi connectivity index (χ1) is 16.3. The predicted molar refractivity (Wildman–Crippen MR) is 132 cm³/mol. The molecule has 2 aromatic rings. The van der Waals surface area contributed by atoms with Crippen LogP contribution in [0.1, 0.15) is 45.4 Å². The lowest BCUT2D eigenvalue weighted by molar-refractivity contribution is -0.159. The maximum absolute atomic E-state index is 6.43. The molecule has 34 heavy (non-hydrogen) atoms. The van der Waals surface area contributed by atoms with Gasteiger partial charge in [0.1, 0.15) is 11.5 Å². The molecule has 1 fully saturated rings. The van der Waals surface area contributed by atoms with Crippen molar-refractivity contribution in [1.29, 1.82) is 0 Å². The Kier molecular flexibility index (Phi) is 5.86. The van der Waals surface area contributed by atoms with E-state index in [4.69, 9.17) is 19.1 Å². The van der Waals surface area contributed by atoms with E-state index in [0.717, 1.165) is 63.6 Å². The van der Waals surface area contributed by atoms with Crippen LogP contribution in [0, 0.1) is 34.6 Å². The molecule has 7 heteroatoms. The number of hydrogen-bond acceptors (Lipinski definition) is 7. The van der Waals surface area contributed by atoms with Crippen molar-refractivity contribution < 1.29 is 19.1 Å². The summed E-state index contributed by atoms with van der Waals surface area (Å²) in [5, 5.41) is 9.34. The second-order valence-corrected chi connectivity index (χ2v) is 9.65. The van der Waals surface area contributed by atoms with Gasteiger partial charge >= 0.3 is 0 Å². The van der Waals surface area contributed by atoms with E-state index in [2.05, 4.69) is 62.0 Å². The van der Waals surface area contributed by atoms with Crippen molar-refractivity contribution in [1.82, 2.24) is 4.90 Å². The molecule has 1 saturated heterocycles. The average molecular weight is 464 g/mol. The minimum absolute atomic E-state index is 0.369. The molecular formula is C27H33N3O4. The Morgan fingerprint density at radius 3 is 2.12 bits per heavy atom. The van der Waals surface area contributed by atoms with Gasteiger partial charge in [-0.3, -0.25) is 4.90 Å². The fraction of sp³-hybridized carbons (Fsp3) is 0.481. The highest BCUT2D eigenvalue weighted by atomic mass is 16.7. The van der Waals surface area contributed by atoms with Crippen LogP contribution in [0.2, 0.25) is 0 Å². The first-order valence-electron chi connectivity index (χ1n) is 11.9. The standard InChI is InChI=1S/C27H33N3O4/c1-16-11-17(2)24(18(3)12-16)25-27(26(33-29-25)30-7-9-32-10-8-30)15-22(28-34-27)23-19(4)13-21(31-6)14-20(23)5/h11-14,26H,7-10,15H2,1-6H3. The molecule has 3 aliphatic rings. The van der Waals surface area contributed by atoms with Gasteiger partial charge in [0.25, 0.3) is 0 Å². The highest BCUT2D eigenvalue weighted by molar-refractivity contribution is 6.15. The quantitative estimate of drug-likeness (QED) is 0.680. The molecule has 0 saturated carbocycles. The number of hydrogen-bond donors (Lipinski definition) is 0. The van der Waals surface area contributed by atoms with Crippen LogP contribution in [0.5, 0.6) is 5.75 Å². The minimum atomic E-state index is -0.823. The zero-order valence-electron chi connectivity index (χ0n) is 20.9.